The molecule has 6 heteroatoms. The van der Waals surface area contributed by atoms with Crippen LogP contribution in [0.2, 0.25) is 0 Å². The second kappa shape index (κ2) is 7.45. The van der Waals surface area contributed by atoms with Gasteiger partial charge >= 0.3 is 5.97 Å². The van der Waals surface area contributed by atoms with E-state index in [1.165, 1.54) is 0 Å². The third-order valence-corrected chi connectivity index (χ3v) is 3.65. The van der Waals surface area contributed by atoms with Gasteiger partial charge in [0.2, 0.25) is 5.91 Å². The molecule has 1 unspecified atom stereocenters. The zero-order valence-corrected chi connectivity index (χ0v) is 11.8. The molecule has 1 aliphatic rings. The molecule has 0 bridgehead atoms. The summed E-state index contributed by atoms with van der Waals surface area (Å²) in [5.41, 5.74) is 5.83. The van der Waals surface area contributed by atoms with E-state index >= 15 is 0 Å². The van der Waals surface area contributed by atoms with E-state index in [1.807, 2.05) is 6.92 Å². The number of aliphatic carboxylic acids is 1. The fraction of sp³-hybridized carbons (Fsp3) is 0.846. The highest BCUT2D eigenvalue weighted by Crippen LogP contribution is 2.10. The predicted molar refractivity (Wildman–Crippen MR) is 72.8 cm³/mol. The van der Waals surface area contributed by atoms with Crippen LogP contribution in [0.5, 0.6) is 0 Å². The lowest BCUT2D eigenvalue weighted by Crippen LogP contribution is -2.48. The maximum absolute atomic E-state index is 12.2. The van der Waals surface area contributed by atoms with Crippen molar-refractivity contribution in [3.63, 3.8) is 0 Å². The Labute approximate surface area is 114 Å². The van der Waals surface area contributed by atoms with Gasteiger partial charge in [-0.05, 0) is 26.7 Å². The van der Waals surface area contributed by atoms with Crippen LogP contribution >= 0.6 is 0 Å². The molecule has 0 saturated carbocycles. The SMILES string of the molecule is CCN(C(=O)CN1CCC(N)CC1)C(C)CC(=O)O. The number of amides is 1. The maximum Gasteiger partial charge on any atom is 0.305 e. The lowest BCUT2D eigenvalue weighted by atomic mass is 10.1. The third-order valence-electron chi connectivity index (χ3n) is 3.65. The second-order valence-electron chi connectivity index (χ2n) is 5.24. The summed E-state index contributed by atoms with van der Waals surface area (Å²) in [7, 11) is 0. The molecule has 1 aliphatic heterocycles. The Morgan fingerprint density at radius 1 is 1.42 bits per heavy atom. The Bertz CT molecular complexity index is 314. The largest absolute Gasteiger partial charge is 0.481 e. The summed E-state index contributed by atoms with van der Waals surface area (Å²) < 4.78 is 0. The van der Waals surface area contributed by atoms with Crippen LogP contribution in [0.3, 0.4) is 0 Å². The molecule has 0 aliphatic carbocycles. The van der Waals surface area contributed by atoms with Crippen LogP contribution in [0, 0.1) is 0 Å². The number of carboxylic acids is 1. The van der Waals surface area contributed by atoms with E-state index in [0.717, 1.165) is 25.9 Å². The molecule has 0 aromatic rings. The average Bonchev–Trinajstić information content (AvgIpc) is 2.32. The van der Waals surface area contributed by atoms with Gasteiger partial charge in [-0.15, -0.1) is 0 Å². The van der Waals surface area contributed by atoms with Crippen molar-refractivity contribution in [2.75, 3.05) is 26.2 Å². The summed E-state index contributed by atoms with van der Waals surface area (Å²) >= 11 is 0. The van der Waals surface area contributed by atoms with Crippen LogP contribution < -0.4 is 5.73 Å². The molecule has 1 fully saturated rings. The van der Waals surface area contributed by atoms with Gasteiger partial charge in [-0.25, -0.2) is 0 Å². The summed E-state index contributed by atoms with van der Waals surface area (Å²) in [4.78, 5) is 26.7. The summed E-state index contributed by atoms with van der Waals surface area (Å²) in [6, 6.07) is -0.0124. The number of likely N-dealkylation sites (N-methyl/N-ethyl adjacent to an activating group) is 1. The predicted octanol–water partition coefficient (Wildman–Crippen LogP) is 0.121. The van der Waals surface area contributed by atoms with Crippen LogP contribution in [0.25, 0.3) is 0 Å². The van der Waals surface area contributed by atoms with Gasteiger partial charge in [-0.1, -0.05) is 0 Å². The van der Waals surface area contributed by atoms with Gasteiger partial charge in [0.05, 0.1) is 13.0 Å². The molecule has 0 aromatic heterocycles. The number of likely N-dealkylation sites (tertiary alicyclic amines) is 1. The molecular formula is C13H25N3O3. The van der Waals surface area contributed by atoms with Crippen molar-refractivity contribution in [2.45, 2.75) is 45.2 Å². The van der Waals surface area contributed by atoms with Crippen molar-refractivity contribution in [3.8, 4) is 0 Å². The Balaban J connectivity index is 2.47. The third kappa shape index (κ3) is 5.16. The standard InChI is InChI=1S/C13H25N3O3/c1-3-16(10(2)8-13(18)19)12(17)9-15-6-4-11(14)5-7-15/h10-11H,3-9,14H2,1-2H3,(H,18,19). The molecular weight excluding hydrogens is 246 g/mol. The zero-order valence-electron chi connectivity index (χ0n) is 11.8. The Hall–Kier alpha value is -1.14. The van der Waals surface area contributed by atoms with Gasteiger partial charge < -0.3 is 15.7 Å². The van der Waals surface area contributed by atoms with E-state index in [-0.39, 0.29) is 24.4 Å². The normalized spacial score (nSPS) is 19.1. The lowest BCUT2D eigenvalue weighted by molar-refractivity contribution is -0.140. The van der Waals surface area contributed by atoms with E-state index in [0.29, 0.717) is 13.1 Å². The molecule has 6 nitrogen and oxygen atoms in total. The number of carbonyl (C=O) groups excluding carboxylic acids is 1. The highest BCUT2D eigenvalue weighted by Gasteiger charge is 2.24. The van der Waals surface area contributed by atoms with Gasteiger partial charge in [-0.2, -0.15) is 0 Å². The highest BCUT2D eigenvalue weighted by molar-refractivity contribution is 5.79. The first-order valence-electron chi connectivity index (χ1n) is 6.93. The van der Waals surface area contributed by atoms with Crippen molar-refractivity contribution in [1.82, 2.24) is 9.80 Å². The molecule has 1 amide bonds. The van der Waals surface area contributed by atoms with Gasteiger partial charge in [0.1, 0.15) is 0 Å². The second-order valence-corrected chi connectivity index (χ2v) is 5.24. The molecule has 0 radical (unpaired) electrons. The Kier molecular flexibility index (Phi) is 6.24. The quantitative estimate of drug-likeness (QED) is 0.716. The van der Waals surface area contributed by atoms with E-state index in [9.17, 15) is 9.59 Å². The zero-order chi connectivity index (χ0) is 14.4. The topological polar surface area (TPSA) is 86.9 Å². The van der Waals surface area contributed by atoms with Crippen molar-refractivity contribution in [3.05, 3.63) is 0 Å². The Morgan fingerprint density at radius 3 is 2.47 bits per heavy atom. The van der Waals surface area contributed by atoms with Crippen molar-refractivity contribution < 1.29 is 14.7 Å². The minimum Gasteiger partial charge on any atom is -0.481 e. The Morgan fingerprint density at radius 2 is 2.00 bits per heavy atom. The van der Waals surface area contributed by atoms with E-state index in [4.69, 9.17) is 10.8 Å². The number of rotatable bonds is 6. The molecule has 0 aromatic carbocycles. The van der Waals surface area contributed by atoms with Crippen LogP contribution in [0.1, 0.15) is 33.1 Å². The summed E-state index contributed by atoms with van der Waals surface area (Å²) in [6.07, 6.45) is 1.83. The summed E-state index contributed by atoms with van der Waals surface area (Å²) in [6.45, 7) is 6.25. The van der Waals surface area contributed by atoms with Gasteiger partial charge in [0, 0.05) is 31.7 Å². The maximum atomic E-state index is 12.2. The summed E-state index contributed by atoms with van der Waals surface area (Å²) in [5.74, 6) is -0.866. The minimum absolute atomic E-state index is 0.00622. The van der Waals surface area contributed by atoms with Crippen molar-refractivity contribution >= 4 is 11.9 Å². The number of hydrogen-bond donors (Lipinski definition) is 2. The van der Waals surface area contributed by atoms with Crippen molar-refractivity contribution in [1.29, 1.82) is 0 Å². The number of carbonyl (C=O) groups is 2. The van der Waals surface area contributed by atoms with E-state index < -0.39 is 5.97 Å². The molecule has 1 rings (SSSR count). The number of nitrogens with two attached hydrogens (primary N) is 1. The molecule has 19 heavy (non-hydrogen) atoms. The molecule has 1 atom stereocenters. The van der Waals surface area contributed by atoms with Crippen LogP contribution in [0.15, 0.2) is 0 Å². The highest BCUT2D eigenvalue weighted by atomic mass is 16.4. The van der Waals surface area contributed by atoms with E-state index in [2.05, 4.69) is 4.90 Å². The molecule has 3 N–H and O–H groups in total. The fourth-order valence-electron chi connectivity index (χ4n) is 2.49. The van der Waals surface area contributed by atoms with Crippen LogP contribution in [0.4, 0.5) is 0 Å². The number of hydrogen-bond acceptors (Lipinski definition) is 4. The van der Waals surface area contributed by atoms with Crippen molar-refractivity contribution in [2.24, 2.45) is 5.73 Å². The van der Waals surface area contributed by atoms with Gasteiger partial charge in [-0.3, -0.25) is 14.5 Å². The lowest BCUT2D eigenvalue weighted by Gasteiger charge is -2.33. The van der Waals surface area contributed by atoms with Crippen LogP contribution in [-0.2, 0) is 9.59 Å². The molecule has 0 spiro atoms. The van der Waals surface area contributed by atoms with Crippen LogP contribution in [-0.4, -0.2) is 65.0 Å². The fourth-order valence-corrected chi connectivity index (χ4v) is 2.49. The van der Waals surface area contributed by atoms with Gasteiger partial charge in [0.15, 0.2) is 0 Å². The average molecular weight is 271 g/mol. The molecule has 110 valence electrons. The molecule has 1 saturated heterocycles. The summed E-state index contributed by atoms with van der Waals surface area (Å²) in [5, 5.41) is 8.80. The number of carboxylic acid groups (broad SMARTS) is 1. The monoisotopic (exact) mass is 271 g/mol. The number of nitrogens with zero attached hydrogens (tertiary/aromatic N) is 2. The van der Waals surface area contributed by atoms with E-state index in [1.54, 1.807) is 11.8 Å². The first-order valence-corrected chi connectivity index (χ1v) is 6.93. The number of piperidine rings is 1. The van der Waals surface area contributed by atoms with Gasteiger partial charge in [0.25, 0.3) is 0 Å². The smallest absolute Gasteiger partial charge is 0.305 e. The molecule has 1 heterocycles. The first kappa shape index (κ1) is 15.9. The minimum atomic E-state index is -0.873. The first-order chi connectivity index (χ1) is 8.93.